The molecule has 1 saturated heterocycles. The van der Waals surface area contributed by atoms with Gasteiger partial charge in [0.25, 0.3) is 0 Å². The van der Waals surface area contributed by atoms with Crippen LogP contribution in [0.2, 0.25) is 0 Å². The van der Waals surface area contributed by atoms with Crippen molar-refractivity contribution in [2.75, 3.05) is 36.6 Å². The third-order valence-electron chi connectivity index (χ3n) is 3.94. The van der Waals surface area contributed by atoms with Gasteiger partial charge in [0, 0.05) is 24.9 Å². The standard InChI is InChI=1S/C16H20N6O4/c1-25-11-5-2-4-10(8-11)19-16-20-14(17)13(22(23)24)15(21-16)18-9-12-6-3-7-26-12/h2,4-5,8,12H,3,6-7,9H2,1H3,(H4,17,18,19,20,21). The van der Waals surface area contributed by atoms with Crippen molar-refractivity contribution in [3.05, 3.63) is 34.4 Å². The first kappa shape index (κ1) is 17.7. The van der Waals surface area contributed by atoms with Crippen LogP contribution in [0, 0.1) is 10.1 Å². The third-order valence-corrected chi connectivity index (χ3v) is 3.94. The fraction of sp³-hybridized carbons (Fsp3) is 0.375. The highest BCUT2D eigenvalue weighted by molar-refractivity contribution is 5.71. The molecule has 3 rings (SSSR count). The minimum absolute atomic E-state index is 0.000544. The van der Waals surface area contributed by atoms with Crippen LogP contribution in [0.3, 0.4) is 0 Å². The Bertz CT molecular complexity index is 794. The number of aromatic nitrogens is 2. The van der Waals surface area contributed by atoms with E-state index in [-0.39, 0.29) is 29.4 Å². The van der Waals surface area contributed by atoms with E-state index in [1.54, 1.807) is 31.4 Å². The minimum atomic E-state index is -0.595. The number of ether oxygens (including phenoxy) is 2. The van der Waals surface area contributed by atoms with Gasteiger partial charge in [-0.2, -0.15) is 9.97 Å². The van der Waals surface area contributed by atoms with Gasteiger partial charge in [0.05, 0.1) is 18.1 Å². The number of hydrogen-bond donors (Lipinski definition) is 3. The van der Waals surface area contributed by atoms with Crippen LogP contribution in [0.5, 0.6) is 5.75 Å². The molecule has 0 radical (unpaired) electrons. The van der Waals surface area contributed by atoms with Gasteiger partial charge in [-0.1, -0.05) is 6.07 Å². The molecule has 1 aromatic heterocycles. The summed E-state index contributed by atoms with van der Waals surface area (Å²) in [6.45, 7) is 1.11. The third kappa shape index (κ3) is 4.09. The van der Waals surface area contributed by atoms with Crippen molar-refractivity contribution in [3.63, 3.8) is 0 Å². The molecule has 138 valence electrons. The van der Waals surface area contributed by atoms with Gasteiger partial charge >= 0.3 is 5.69 Å². The number of nitro groups is 1. The Labute approximate surface area is 149 Å². The fourth-order valence-electron chi connectivity index (χ4n) is 2.68. The summed E-state index contributed by atoms with van der Waals surface area (Å²) in [6.07, 6.45) is 1.87. The van der Waals surface area contributed by atoms with Gasteiger partial charge in [0.15, 0.2) is 0 Å². The van der Waals surface area contributed by atoms with Crippen molar-refractivity contribution in [3.8, 4) is 5.75 Å². The highest BCUT2D eigenvalue weighted by Gasteiger charge is 2.24. The normalized spacial score (nSPS) is 16.3. The zero-order chi connectivity index (χ0) is 18.5. The van der Waals surface area contributed by atoms with Crippen LogP contribution in [-0.2, 0) is 4.74 Å². The van der Waals surface area contributed by atoms with Gasteiger partial charge in [-0.25, -0.2) is 0 Å². The SMILES string of the molecule is COc1cccc(Nc2nc(N)c([N+](=O)[O-])c(NCC3CCCO3)n2)c1. The maximum Gasteiger partial charge on any atom is 0.353 e. The second-order valence-corrected chi connectivity index (χ2v) is 5.76. The Balaban J connectivity index is 1.84. The molecule has 4 N–H and O–H groups in total. The topological polar surface area (TPSA) is 137 Å². The average Bonchev–Trinajstić information content (AvgIpc) is 3.13. The molecule has 0 bridgehead atoms. The molecule has 1 aromatic carbocycles. The Morgan fingerprint density at radius 3 is 3.00 bits per heavy atom. The van der Waals surface area contributed by atoms with E-state index in [9.17, 15) is 10.1 Å². The summed E-state index contributed by atoms with van der Waals surface area (Å²) in [6, 6.07) is 7.14. The molecule has 0 aliphatic carbocycles. The Morgan fingerprint density at radius 1 is 1.46 bits per heavy atom. The molecule has 2 heterocycles. The molecule has 10 nitrogen and oxygen atoms in total. The van der Waals surface area contributed by atoms with E-state index in [0.717, 1.165) is 12.8 Å². The lowest BCUT2D eigenvalue weighted by atomic mass is 10.2. The molecule has 0 amide bonds. The molecule has 10 heteroatoms. The smallest absolute Gasteiger partial charge is 0.353 e. The quantitative estimate of drug-likeness (QED) is 0.501. The van der Waals surface area contributed by atoms with E-state index < -0.39 is 4.92 Å². The van der Waals surface area contributed by atoms with E-state index in [1.807, 2.05) is 0 Å². The van der Waals surface area contributed by atoms with Gasteiger partial charge in [-0.15, -0.1) is 0 Å². The van der Waals surface area contributed by atoms with Gasteiger partial charge in [0.1, 0.15) is 5.75 Å². The first-order valence-corrected chi connectivity index (χ1v) is 8.15. The van der Waals surface area contributed by atoms with Crippen molar-refractivity contribution in [2.24, 2.45) is 0 Å². The van der Waals surface area contributed by atoms with Crippen LogP contribution < -0.4 is 21.1 Å². The lowest BCUT2D eigenvalue weighted by molar-refractivity contribution is -0.383. The van der Waals surface area contributed by atoms with Gasteiger partial charge in [-0.05, 0) is 25.0 Å². The molecule has 2 aromatic rings. The number of benzene rings is 1. The predicted octanol–water partition coefficient (Wildman–Crippen LogP) is 2.31. The molecule has 1 aliphatic rings. The fourth-order valence-corrected chi connectivity index (χ4v) is 2.68. The highest BCUT2D eigenvalue weighted by Crippen LogP contribution is 2.30. The van der Waals surface area contributed by atoms with Crippen LogP contribution >= 0.6 is 0 Å². The summed E-state index contributed by atoms with van der Waals surface area (Å²) in [4.78, 5) is 18.9. The molecular formula is C16H20N6O4. The maximum absolute atomic E-state index is 11.3. The molecule has 0 spiro atoms. The van der Waals surface area contributed by atoms with Crippen LogP contribution in [-0.4, -0.2) is 41.3 Å². The lowest BCUT2D eigenvalue weighted by Gasteiger charge is -2.13. The van der Waals surface area contributed by atoms with E-state index in [0.29, 0.717) is 24.6 Å². The summed E-state index contributed by atoms with van der Waals surface area (Å²) in [5, 5.41) is 17.3. The van der Waals surface area contributed by atoms with Crippen molar-refractivity contribution in [1.29, 1.82) is 0 Å². The van der Waals surface area contributed by atoms with E-state index in [4.69, 9.17) is 15.2 Å². The largest absolute Gasteiger partial charge is 0.497 e. The van der Waals surface area contributed by atoms with Crippen molar-refractivity contribution in [2.45, 2.75) is 18.9 Å². The molecule has 1 unspecified atom stereocenters. The summed E-state index contributed by atoms with van der Waals surface area (Å²) >= 11 is 0. The number of methoxy groups -OCH3 is 1. The summed E-state index contributed by atoms with van der Waals surface area (Å²) in [5.41, 5.74) is 6.11. The number of nitrogens with zero attached hydrogens (tertiary/aromatic N) is 3. The van der Waals surface area contributed by atoms with Crippen LogP contribution in [0.15, 0.2) is 24.3 Å². The van der Waals surface area contributed by atoms with Gasteiger partial charge < -0.3 is 25.8 Å². The number of nitrogen functional groups attached to an aromatic ring is 1. The molecule has 0 saturated carbocycles. The first-order chi connectivity index (χ1) is 12.6. The number of rotatable bonds is 7. The van der Waals surface area contributed by atoms with E-state index in [2.05, 4.69) is 20.6 Å². The number of nitrogens with one attached hydrogen (secondary N) is 2. The molecule has 1 aliphatic heterocycles. The Kier molecular flexibility index (Phi) is 5.32. The highest BCUT2D eigenvalue weighted by atomic mass is 16.6. The summed E-state index contributed by atoms with van der Waals surface area (Å²) in [7, 11) is 1.56. The van der Waals surface area contributed by atoms with Crippen molar-refractivity contribution >= 4 is 29.0 Å². The Hall–Kier alpha value is -3.14. The molecule has 26 heavy (non-hydrogen) atoms. The maximum atomic E-state index is 11.3. The van der Waals surface area contributed by atoms with Crippen LogP contribution in [0.25, 0.3) is 0 Å². The van der Waals surface area contributed by atoms with Crippen LogP contribution in [0.1, 0.15) is 12.8 Å². The second kappa shape index (κ2) is 7.83. The van der Waals surface area contributed by atoms with Crippen molar-refractivity contribution in [1.82, 2.24) is 9.97 Å². The first-order valence-electron chi connectivity index (χ1n) is 8.15. The molecule has 1 atom stereocenters. The summed E-state index contributed by atoms with van der Waals surface area (Å²) < 4.78 is 10.7. The summed E-state index contributed by atoms with van der Waals surface area (Å²) in [5.74, 6) is 0.645. The average molecular weight is 360 g/mol. The Morgan fingerprint density at radius 2 is 2.31 bits per heavy atom. The van der Waals surface area contributed by atoms with E-state index >= 15 is 0 Å². The van der Waals surface area contributed by atoms with Crippen molar-refractivity contribution < 1.29 is 14.4 Å². The monoisotopic (exact) mass is 360 g/mol. The second-order valence-electron chi connectivity index (χ2n) is 5.76. The predicted molar refractivity (Wildman–Crippen MR) is 96.8 cm³/mol. The molecule has 1 fully saturated rings. The van der Waals surface area contributed by atoms with Gasteiger partial charge in [0.2, 0.25) is 17.6 Å². The number of nitrogens with two attached hydrogens (primary N) is 1. The zero-order valence-electron chi connectivity index (χ0n) is 14.3. The van der Waals surface area contributed by atoms with Crippen LogP contribution in [0.4, 0.5) is 29.0 Å². The van der Waals surface area contributed by atoms with Gasteiger partial charge in [-0.3, -0.25) is 10.1 Å². The molecular weight excluding hydrogens is 340 g/mol. The minimum Gasteiger partial charge on any atom is -0.497 e. The van der Waals surface area contributed by atoms with E-state index in [1.165, 1.54) is 0 Å². The zero-order valence-corrected chi connectivity index (χ0v) is 14.3. The number of anilines is 4. The number of hydrogen-bond acceptors (Lipinski definition) is 9. The lowest BCUT2D eigenvalue weighted by Crippen LogP contribution is -2.20.